The maximum atomic E-state index is 13.9. The van der Waals surface area contributed by atoms with E-state index in [-0.39, 0.29) is 12.5 Å². The molecule has 0 bridgehead atoms. The Labute approximate surface area is 176 Å². The van der Waals surface area contributed by atoms with Gasteiger partial charge >= 0.3 is 6.03 Å². The third-order valence-electron chi connectivity index (χ3n) is 6.72. The van der Waals surface area contributed by atoms with E-state index < -0.39 is 23.3 Å². The van der Waals surface area contributed by atoms with Crippen LogP contribution in [0, 0.1) is 5.82 Å². The van der Waals surface area contributed by atoms with Crippen LogP contribution in [-0.2, 0) is 9.59 Å². The molecule has 1 aliphatic carbocycles. The van der Waals surface area contributed by atoms with Crippen LogP contribution in [0.25, 0.3) is 0 Å². The van der Waals surface area contributed by atoms with Crippen molar-refractivity contribution in [1.82, 2.24) is 9.80 Å². The van der Waals surface area contributed by atoms with Crippen molar-refractivity contribution >= 4 is 29.2 Å². The summed E-state index contributed by atoms with van der Waals surface area (Å²) in [5.74, 6) is -1.23. The molecular formula is C22H29FN4O3. The number of halogens is 1. The van der Waals surface area contributed by atoms with E-state index in [1.807, 2.05) is 0 Å². The van der Waals surface area contributed by atoms with Gasteiger partial charge in [0.2, 0.25) is 5.91 Å². The largest absolute Gasteiger partial charge is 0.370 e. The minimum absolute atomic E-state index is 0.291. The fourth-order valence-electron chi connectivity index (χ4n) is 5.02. The molecule has 3 aliphatic rings. The average molecular weight is 416 g/mol. The van der Waals surface area contributed by atoms with E-state index in [9.17, 15) is 18.8 Å². The number of carbonyl (C=O) groups is 3. The molecule has 0 unspecified atom stereocenters. The Morgan fingerprint density at radius 2 is 1.73 bits per heavy atom. The van der Waals surface area contributed by atoms with E-state index in [0.29, 0.717) is 18.5 Å². The fraction of sp³-hybridized carbons (Fsp3) is 0.591. The van der Waals surface area contributed by atoms with Crippen LogP contribution in [0.4, 0.5) is 20.6 Å². The molecule has 0 atom stereocenters. The Balaban J connectivity index is 1.49. The molecule has 162 valence electrons. The van der Waals surface area contributed by atoms with Gasteiger partial charge in [-0.25, -0.2) is 9.18 Å². The summed E-state index contributed by atoms with van der Waals surface area (Å²) in [7, 11) is 1.64. The lowest BCUT2D eigenvalue weighted by atomic mass is 9.81. The average Bonchev–Trinajstić information content (AvgIpc) is 2.91. The highest BCUT2D eigenvalue weighted by atomic mass is 19.1. The SMILES string of the molecule is CN1C(=O)N(CC(=O)Nc2cc(F)ccc2N2CCCCC2)C(=O)C12CCCCC2. The van der Waals surface area contributed by atoms with Gasteiger partial charge in [-0.3, -0.25) is 14.5 Å². The number of carbonyl (C=O) groups excluding carboxylic acids is 3. The first-order valence-corrected chi connectivity index (χ1v) is 10.9. The number of urea groups is 1. The van der Waals surface area contributed by atoms with Crippen molar-refractivity contribution in [3.63, 3.8) is 0 Å². The van der Waals surface area contributed by atoms with Gasteiger partial charge in [-0.15, -0.1) is 0 Å². The molecule has 0 radical (unpaired) electrons. The lowest BCUT2D eigenvalue weighted by Crippen LogP contribution is -2.49. The van der Waals surface area contributed by atoms with Gasteiger partial charge in [0.1, 0.15) is 17.9 Å². The number of rotatable bonds is 4. The van der Waals surface area contributed by atoms with Gasteiger partial charge in [-0.2, -0.15) is 0 Å². The van der Waals surface area contributed by atoms with Crippen LogP contribution in [0.1, 0.15) is 51.4 Å². The molecule has 3 fully saturated rings. The third-order valence-corrected chi connectivity index (χ3v) is 6.72. The van der Waals surface area contributed by atoms with Gasteiger partial charge in [0, 0.05) is 20.1 Å². The summed E-state index contributed by atoms with van der Waals surface area (Å²) in [6, 6.07) is 3.92. The van der Waals surface area contributed by atoms with Crippen molar-refractivity contribution in [3.8, 4) is 0 Å². The summed E-state index contributed by atoms with van der Waals surface area (Å²) in [4.78, 5) is 43.2. The van der Waals surface area contributed by atoms with Crippen molar-refractivity contribution in [2.45, 2.75) is 56.9 Å². The van der Waals surface area contributed by atoms with Crippen molar-refractivity contribution in [1.29, 1.82) is 0 Å². The molecule has 4 amide bonds. The number of hydrogen-bond acceptors (Lipinski definition) is 4. The first kappa shape index (κ1) is 20.6. The van der Waals surface area contributed by atoms with E-state index in [4.69, 9.17) is 0 Å². The Morgan fingerprint density at radius 1 is 1.07 bits per heavy atom. The van der Waals surface area contributed by atoms with E-state index in [2.05, 4.69) is 10.2 Å². The van der Waals surface area contributed by atoms with E-state index in [0.717, 1.165) is 62.2 Å². The summed E-state index contributed by atoms with van der Waals surface area (Å²) >= 11 is 0. The van der Waals surface area contributed by atoms with Gasteiger partial charge in [0.25, 0.3) is 5.91 Å². The molecule has 1 N–H and O–H groups in total. The predicted octanol–water partition coefficient (Wildman–Crippen LogP) is 3.35. The standard InChI is InChI=1S/C22H29FN4O3/c1-25-21(30)27(20(29)22(25)10-4-2-5-11-22)15-19(28)24-17-14-16(23)8-9-18(17)26-12-6-3-7-13-26/h8-9,14H,2-7,10-13,15H2,1H3,(H,24,28). The number of piperidine rings is 1. The lowest BCUT2D eigenvalue weighted by molar-refractivity contribution is -0.136. The number of benzene rings is 1. The molecule has 1 aromatic rings. The fourth-order valence-corrected chi connectivity index (χ4v) is 5.02. The van der Waals surface area contributed by atoms with Crippen LogP contribution in [0.3, 0.4) is 0 Å². The van der Waals surface area contributed by atoms with Gasteiger partial charge in [0.05, 0.1) is 11.4 Å². The number of imide groups is 1. The molecule has 30 heavy (non-hydrogen) atoms. The molecule has 1 aromatic carbocycles. The number of anilines is 2. The summed E-state index contributed by atoms with van der Waals surface area (Å²) < 4.78 is 13.9. The van der Waals surface area contributed by atoms with Crippen molar-refractivity contribution in [3.05, 3.63) is 24.0 Å². The van der Waals surface area contributed by atoms with Crippen LogP contribution in [0.5, 0.6) is 0 Å². The summed E-state index contributed by atoms with van der Waals surface area (Å²) in [6.07, 6.45) is 7.37. The third kappa shape index (κ3) is 3.63. The van der Waals surface area contributed by atoms with Crippen LogP contribution in [-0.4, -0.2) is 59.9 Å². The Morgan fingerprint density at radius 3 is 2.43 bits per heavy atom. The van der Waals surface area contributed by atoms with Gasteiger partial charge in [-0.05, 0) is 50.3 Å². The molecule has 2 saturated heterocycles. The maximum Gasteiger partial charge on any atom is 0.327 e. The molecule has 1 saturated carbocycles. The van der Waals surface area contributed by atoms with Crippen molar-refractivity contribution < 1.29 is 18.8 Å². The predicted molar refractivity (Wildman–Crippen MR) is 112 cm³/mol. The molecule has 8 heteroatoms. The number of nitrogens with zero attached hydrogens (tertiary/aromatic N) is 3. The highest BCUT2D eigenvalue weighted by molar-refractivity contribution is 6.10. The molecule has 2 aliphatic heterocycles. The highest BCUT2D eigenvalue weighted by Gasteiger charge is 2.55. The minimum atomic E-state index is -0.812. The first-order chi connectivity index (χ1) is 14.4. The smallest absolute Gasteiger partial charge is 0.327 e. The zero-order chi connectivity index (χ0) is 21.3. The molecule has 7 nitrogen and oxygen atoms in total. The Kier molecular flexibility index (Phi) is 5.66. The molecule has 0 aromatic heterocycles. The normalized spacial score (nSPS) is 21.5. The van der Waals surface area contributed by atoms with Crippen molar-refractivity contribution in [2.24, 2.45) is 0 Å². The van der Waals surface area contributed by atoms with Crippen LogP contribution >= 0.6 is 0 Å². The number of amides is 4. The second kappa shape index (κ2) is 8.24. The molecule has 1 spiro atoms. The second-order valence-corrected chi connectivity index (χ2v) is 8.58. The number of nitrogens with one attached hydrogen (secondary N) is 1. The summed E-state index contributed by atoms with van der Waals surface area (Å²) in [5, 5.41) is 2.74. The number of likely N-dealkylation sites (N-methyl/N-ethyl adjacent to an activating group) is 1. The van der Waals surface area contributed by atoms with Crippen LogP contribution in [0.15, 0.2) is 18.2 Å². The van der Waals surface area contributed by atoms with Gasteiger partial charge in [0.15, 0.2) is 0 Å². The van der Waals surface area contributed by atoms with Gasteiger partial charge < -0.3 is 15.1 Å². The maximum absolute atomic E-state index is 13.9. The minimum Gasteiger partial charge on any atom is -0.370 e. The molecule has 4 rings (SSSR count). The monoisotopic (exact) mass is 416 g/mol. The highest BCUT2D eigenvalue weighted by Crippen LogP contribution is 2.39. The quantitative estimate of drug-likeness (QED) is 0.764. The zero-order valence-electron chi connectivity index (χ0n) is 17.5. The van der Waals surface area contributed by atoms with Crippen LogP contribution < -0.4 is 10.2 Å². The second-order valence-electron chi connectivity index (χ2n) is 8.58. The first-order valence-electron chi connectivity index (χ1n) is 10.9. The number of hydrogen-bond donors (Lipinski definition) is 1. The summed E-state index contributed by atoms with van der Waals surface area (Å²) in [5.41, 5.74) is 0.332. The summed E-state index contributed by atoms with van der Waals surface area (Å²) in [6.45, 7) is 1.34. The van der Waals surface area contributed by atoms with E-state index >= 15 is 0 Å². The van der Waals surface area contributed by atoms with Crippen molar-refractivity contribution in [2.75, 3.05) is 36.9 Å². The Bertz CT molecular complexity index is 847. The van der Waals surface area contributed by atoms with Gasteiger partial charge in [-0.1, -0.05) is 19.3 Å². The molecular weight excluding hydrogens is 387 g/mol. The lowest BCUT2D eigenvalue weighted by Gasteiger charge is -2.35. The van der Waals surface area contributed by atoms with E-state index in [1.165, 1.54) is 17.0 Å². The zero-order valence-corrected chi connectivity index (χ0v) is 17.5. The van der Waals surface area contributed by atoms with E-state index in [1.54, 1.807) is 13.1 Å². The molecule has 2 heterocycles. The van der Waals surface area contributed by atoms with Crippen LogP contribution in [0.2, 0.25) is 0 Å². The Hall–Kier alpha value is -2.64. The topological polar surface area (TPSA) is 73.0 Å².